The number of hydrogen-bond donors (Lipinski definition) is 1. The molecule has 0 aliphatic heterocycles. The van der Waals surface area contributed by atoms with Crippen LogP contribution in [-0.2, 0) is 0 Å². The minimum Gasteiger partial charge on any atom is -0.334 e. The minimum absolute atomic E-state index is 0.216. The van der Waals surface area contributed by atoms with E-state index in [9.17, 15) is 0 Å². The van der Waals surface area contributed by atoms with Crippen molar-refractivity contribution in [1.82, 2.24) is 4.98 Å². The summed E-state index contributed by atoms with van der Waals surface area (Å²) in [6.07, 6.45) is 0. The van der Waals surface area contributed by atoms with Crippen LogP contribution in [0.2, 0.25) is 26.2 Å². The quantitative estimate of drug-likeness (QED) is 0.706. The highest BCUT2D eigenvalue weighted by Gasteiger charge is 2.49. The molecule has 0 aromatic carbocycles. The van der Waals surface area contributed by atoms with Crippen LogP contribution in [0.3, 0.4) is 0 Å². The van der Waals surface area contributed by atoms with Crippen LogP contribution in [-0.4, -0.2) is 20.9 Å². The molecule has 1 atom stereocenters. The molecule has 1 aliphatic rings. The molecule has 1 unspecified atom stereocenters. The molecule has 116 valence electrons. The molecule has 0 bridgehead atoms. The van der Waals surface area contributed by atoms with Crippen LogP contribution in [0, 0.1) is 5.92 Å². The molecule has 1 aliphatic carbocycles. The van der Waals surface area contributed by atoms with Crippen molar-refractivity contribution in [2.75, 3.05) is 0 Å². The zero-order valence-corrected chi connectivity index (χ0v) is 17.6. The standard InChI is InChI=1S/C17H35NSi2/c1-12-13(2)15(4)16(14(12)3)19(8,9)20(10,11)18-17(5,6)7/h14,18H,1-11H3. The molecule has 0 saturated carbocycles. The second-order valence-electron chi connectivity index (χ2n) is 8.69. The van der Waals surface area contributed by atoms with Gasteiger partial charge in [0.15, 0.2) is 0 Å². The van der Waals surface area contributed by atoms with Crippen LogP contribution in [0.15, 0.2) is 21.9 Å². The van der Waals surface area contributed by atoms with Crippen LogP contribution < -0.4 is 4.98 Å². The molecule has 0 aromatic rings. The van der Waals surface area contributed by atoms with E-state index in [4.69, 9.17) is 0 Å². The highest BCUT2D eigenvalue weighted by molar-refractivity contribution is 7.42. The van der Waals surface area contributed by atoms with E-state index in [2.05, 4.69) is 79.6 Å². The van der Waals surface area contributed by atoms with Gasteiger partial charge < -0.3 is 4.98 Å². The molecular formula is C17H35NSi2. The van der Waals surface area contributed by atoms with Gasteiger partial charge in [0.25, 0.3) is 0 Å². The van der Waals surface area contributed by atoms with Crippen molar-refractivity contribution < 1.29 is 0 Å². The summed E-state index contributed by atoms with van der Waals surface area (Å²) in [4.78, 5) is 4.03. The number of nitrogens with one attached hydrogen (secondary N) is 1. The summed E-state index contributed by atoms with van der Waals surface area (Å²) in [6.45, 7) is 26.6. The molecule has 1 nitrogen and oxygen atoms in total. The Kier molecular flexibility index (Phi) is 4.71. The fraction of sp³-hybridized carbons (Fsp3) is 0.765. The Morgan fingerprint density at radius 2 is 1.35 bits per heavy atom. The van der Waals surface area contributed by atoms with Gasteiger partial charge in [0.2, 0.25) is 0 Å². The monoisotopic (exact) mass is 309 g/mol. The number of hydrogen-bond acceptors (Lipinski definition) is 1. The highest BCUT2D eigenvalue weighted by Crippen LogP contribution is 2.43. The van der Waals surface area contributed by atoms with Crippen molar-refractivity contribution in [3.05, 3.63) is 21.9 Å². The topological polar surface area (TPSA) is 12.0 Å². The summed E-state index contributed by atoms with van der Waals surface area (Å²) in [5, 5.41) is 1.81. The normalized spacial score (nSPS) is 22.1. The molecule has 0 fully saturated rings. The molecule has 1 N–H and O–H groups in total. The van der Waals surface area contributed by atoms with Gasteiger partial charge in [-0.05, 0) is 53.0 Å². The van der Waals surface area contributed by atoms with Crippen LogP contribution in [0.4, 0.5) is 0 Å². The highest BCUT2D eigenvalue weighted by atomic mass is 29.3. The van der Waals surface area contributed by atoms with E-state index in [1.807, 2.05) is 0 Å². The summed E-state index contributed by atoms with van der Waals surface area (Å²) in [5.74, 6) is 0.658. The molecule has 0 aromatic heterocycles. The Balaban J connectivity index is 3.25. The fourth-order valence-corrected chi connectivity index (χ4v) is 14.4. The second kappa shape index (κ2) is 5.25. The van der Waals surface area contributed by atoms with Gasteiger partial charge in [-0.25, -0.2) is 0 Å². The zero-order valence-electron chi connectivity index (χ0n) is 15.6. The molecule has 1 rings (SSSR count). The van der Waals surface area contributed by atoms with E-state index in [-0.39, 0.29) is 5.54 Å². The van der Waals surface area contributed by atoms with Gasteiger partial charge in [0.05, 0.1) is 7.59 Å². The first-order chi connectivity index (χ1) is 8.72. The molecule has 3 heteroatoms. The molecule has 0 spiro atoms. The Hall–Kier alpha value is -0.126. The van der Waals surface area contributed by atoms with Gasteiger partial charge >= 0.3 is 0 Å². The Morgan fingerprint density at radius 1 is 0.900 bits per heavy atom. The average molecular weight is 310 g/mol. The summed E-state index contributed by atoms with van der Waals surface area (Å²) >= 11 is 0. The maximum atomic E-state index is 4.03. The largest absolute Gasteiger partial charge is 0.334 e. The van der Waals surface area contributed by atoms with Crippen molar-refractivity contribution >= 4 is 15.3 Å². The first-order valence-corrected chi connectivity index (χ1v) is 14.9. The van der Waals surface area contributed by atoms with Crippen LogP contribution in [0.1, 0.15) is 48.5 Å². The van der Waals surface area contributed by atoms with Crippen molar-refractivity contribution in [2.24, 2.45) is 5.92 Å². The van der Waals surface area contributed by atoms with E-state index in [0.29, 0.717) is 5.92 Å². The molecule has 0 radical (unpaired) electrons. The van der Waals surface area contributed by atoms with E-state index in [1.54, 1.807) is 21.9 Å². The lowest BCUT2D eigenvalue weighted by Gasteiger charge is -2.46. The van der Waals surface area contributed by atoms with Crippen LogP contribution >= 0.6 is 0 Å². The third-order valence-corrected chi connectivity index (χ3v) is 22.8. The van der Waals surface area contributed by atoms with E-state index >= 15 is 0 Å². The lowest BCUT2D eigenvalue weighted by molar-refractivity contribution is 0.516. The van der Waals surface area contributed by atoms with Crippen molar-refractivity contribution in [2.45, 2.75) is 80.2 Å². The predicted molar refractivity (Wildman–Crippen MR) is 98.1 cm³/mol. The van der Waals surface area contributed by atoms with Gasteiger partial charge in [-0.15, -0.1) is 0 Å². The Morgan fingerprint density at radius 3 is 1.65 bits per heavy atom. The van der Waals surface area contributed by atoms with Gasteiger partial charge in [-0.2, -0.15) is 0 Å². The zero-order chi connectivity index (χ0) is 16.1. The van der Waals surface area contributed by atoms with Crippen molar-refractivity contribution in [3.8, 4) is 0 Å². The van der Waals surface area contributed by atoms with Crippen molar-refractivity contribution in [1.29, 1.82) is 0 Å². The second-order valence-corrected chi connectivity index (χ2v) is 23.5. The minimum atomic E-state index is -1.47. The summed E-state index contributed by atoms with van der Waals surface area (Å²) in [7, 11) is -2.92. The van der Waals surface area contributed by atoms with Crippen LogP contribution in [0.25, 0.3) is 0 Å². The first-order valence-electron chi connectivity index (χ1n) is 7.90. The maximum Gasteiger partial charge on any atom is 0.114 e. The fourth-order valence-electron chi connectivity index (χ4n) is 3.80. The van der Waals surface area contributed by atoms with Gasteiger partial charge in [0, 0.05) is 5.54 Å². The SMILES string of the molecule is CC1=C(C)C(C)C([Si](C)(C)[Si](C)(C)NC(C)(C)C)=C1C. The van der Waals surface area contributed by atoms with E-state index < -0.39 is 15.3 Å². The molecule has 0 amide bonds. The maximum absolute atomic E-state index is 4.03. The smallest absolute Gasteiger partial charge is 0.114 e. The third-order valence-electron chi connectivity index (χ3n) is 5.56. The van der Waals surface area contributed by atoms with Crippen LogP contribution in [0.5, 0.6) is 0 Å². The van der Waals surface area contributed by atoms with Crippen molar-refractivity contribution in [3.63, 3.8) is 0 Å². The van der Waals surface area contributed by atoms with E-state index in [0.717, 1.165) is 0 Å². The average Bonchev–Trinajstić information content (AvgIpc) is 2.39. The van der Waals surface area contributed by atoms with Gasteiger partial charge in [-0.3, -0.25) is 0 Å². The summed E-state index contributed by atoms with van der Waals surface area (Å²) < 4.78 is 0. The van der Waals surface area contributed by atoms with Gasteiger partial charge in [-0.1, -0.05) is 49.5 Å². The number of allylic oxidation sites excluding steroid dienone is 4. The molecule has 20 heavy (non-hydrogen) atoms. The Labute approximate surface area is 128 Å². The lowest BCUT2D eigenvalue weighted by atomic mass is 10.1. The first kappa shape index (κ1) is 17.9. The predicted octanol–water partition coefficient (Wildman–Crippen LogP) is 5.21. The Bertz CT molecular complexity index is 462. The van der Waals surface area contributed by atoms with E-state index in [1.165, 1.54) is 0 Å². The lowest BCUT2D eigenvalue weighted by Crippen LogP contribution is -2.70. The summed E-state index contributed by atoms with van der Waals surface area (Å²) in [6, 6.07) is 0. The summed E-state index contributed by atoms with van der Waals surface area (Å²) in [5.41, 5.74) is 4.96. The number of rotatable bonds is 3. The molecule has 0 heterocycles. The third kappa shape index (κ3) is 3.05. The molecule has 0 saturated heterocycles. The molecular weight excluding hydrogens is 274 g/mol. The van der Waals surface area contributed by atoms with Gasteiger partial charge in [0.1, 0.15) is 7.75 Å².